The smallest absolute Gasteiger partial charge is 0.310 e. The van der Waals surface area contributed by atoms with Crippen molar-refractivity contribution < 1.29 is 14.3 Å². The van der Waals surface area contributed by atoms with Crippen molar-refractivity contribution in [2.75, 3.05) is 37.7 Å². The Balaban J connectivity index is 1.30. The number of hydrogen-bond donors (Lipinski definition) is 0. The average Bonchev–Trinajstić information content (AvgIpc) is 2.85. The van der Waals surface area contributed by atoms with Gasteiger partial charge in [-0.05, 0) is 62.6 Å². The average molecular weight is 437 g/mol. The first-order valence-corrected chi connectivity index (χ1v) is 11.7. The number of carbonyl (C=O) groups is 2. The minimum absolute atomic E-state index is 0.167. The van der Waals surface area contributed by atoms with E-state index in [1.54, 1.807) is 17.9 Å². The lowest BCUT2D eigenvalue weighted by Gasteiger charge is -2.33. The van der Waals surface area contributed by atoms with E-state index in [0.29, 0.717) is 31.3 Å². The number of rotatable bonds is 6. The van der Waals surface area contributed by atoms with Crippen molar-refractivity contribution in [2.45, 2.75) is 39.0 Å². The third kappa shape index (κ3) is 5.44. The molecule has 2 fully saturated rings. The molecule has 4 rings (SSSR count). The van der Waals surface area contributed by atoms with Gasteiger partial charge in [-0.25, -0.2) is 0 Å². The zero-order valence-corrected chi connectivity index (χ0v) is 18.8. The van der Waals surface area contributed by atoms with E-state index >= 15 is 0 Å². The highest BCUT2D eigenvalue weighted by Crippen LogP contribution is 2.25. The van der Waals surface area contributed by atoms with Gasteiger partial charge in [0.15, 0.2) is 11.5 Å². The van der Waals surface area contributed by atoms with Gasteiger partial charge in [-0.2, -0.15) is 0 Å². The Hall–Kier alpha value is -2.96. The van der Waals surface area contributed by atoms with E-state index in [9.17, 15) is 9.59 Å². The molecule has 0 spiro atoms. The van der Waals surface area contributed by atoms with Gasteiger partial charge in [0.2, 0.25) is 0 Å². The molecular formula is C25H32N4O3. The van der Waals surface area contributed by atoms with Crippen LogP contribution in [0.3, 0.4) is 0 Å². The van der Waals surface area contributed by atoms with Crippen molar-refractivity contribution in [3.05, 3.63) is 53.7 Å². The van der Waals surface area contributed by atoms with Crippen LogP contribution in [0.5, 0.6) is 0 Å². The van der Waals surface area contributed by atoms with Crippen LogP contribution in [0.4, 0.5) is 5.82 Å². The van der Waals surface area contributed by atoms with Crippen LogP contribution >= 0.6 is 0 Å². The van der Waals surface area contributed by atoms with Crippen LogP contribution in [-0.4, -0.2) is 59.8 Å². The Labute approximate surface area is 189 Å². The summed E-state index contributed by atoms with van der Waals surface area (Å²) in [5.41, 5.74) is 1.73. The Morgan fingerprint density at radius 3 is 2.47 bits per heavy atom. The number of anilines is 1. The zero-order valence-electron chi connectivity index (χ0n) is 18.8. The number of likely N-dealkylation sites (tertiary alicyclic amines) is 1. The highest BCUT2D eigenvalue weighted by molar-refractivity contribution is 5.92. The van der Waals surface area contributed by atoms with Crippen LogP contribution in [0.1, 0.15) is 48.7 Å². The summed E-state index contributed by atoms with van der Waals surface area (Å²) in [5, 5.41) is 8.57. The number of piperidine rings is 2. The van der Waals surface area contributed by atoms with Gasteiger partial charge >= 0.3 is 5.97 Å². The van der Waals surface area contributed by atoms with Crippen LogP contribution in [0, 0.1) is 11.8 Å². The fraction of sp³-hybridized carbons (Fsp3) is 0.520. The molecule has 2 saturated heterocycles. The maximum absolute atomic E-state index is 12.9. The summed E-state index contributed by atoms with van der Waals surface area (Å²) >= 11 is 0. The van der Waals surface area contributed by atoms with E-state index in [-0.39, 0.29) is 17.8 Å². The van der Waals surface area contributed by atoms with Crippen LogP contribution in [0.2, 0.25) is 0 Å². The first kappa shape index (κ1) is 22.2. The maximum atomic E-state index is 12.9. The van der Waals surface area contributed by atoms with Crippen molar-refractivity contribution >= 4 is 17.7 Å². The summed E-state index contributed by atoms with van der Waals surface area (Å²) in [6.07, 6.45) is 4.92. The van der Waals surface area contributed by atoms with Gasteiger partial charge < -0.3 is 14.5 Å². The second-order valence-electron chi connectivity index (χ2n) is 8.74. The van der Waals surface area contributed by atoms with Crippen LogP contribution < -0.4 is 4.90 Å². The molecule has 2 aromatic rings. The highest BCUT2D eigenvalue weighted by Gasteiger charge is 2.30. The van der Waals surface area contributed by atoms with E-state index in [4.69, 9.17) is 4.74 Å². The van der Waals surface area contributed by atoms with Gasteiger partial charge in [0.1, 0.15) is 0 Å². The fourth-order valence-corrected chi connectivity index (χ4v) is 4.70. The monoisotopic (exact) mass is 436 g/mol. The summed E-state index contributed by atoms with van der Waals surface area (Å²) in [7, 11) is 0. The van der Waals surface area contributed by atoms with Crippen LogP contribution in [-0.2, 0) is 16.0 Å². The second kappa shape index (κ2) is 10.6. The number of esters is 1. The van der Waals surface area contributed by atoms with Gasteiger partial charge in [-0.1, -0.05) is 30.3 Å². The predicted molar refractivity (Wildman–Crippen MR) is 122 cm³/mol. The Morgan fingerprint density at radius 2 is 1.78 bits per heavy atom. The topological polar surface area (TPSA) is 75.6 Å². The lowest BCUT2D eigenvalue weighted by molar-refractivity contribution is -0.149. The van der Waals surface area contributed by atoms with E-state index in [0.717, 1.165) is 51.0 Å². The summed E-state index contributed by atoms with van der Waals surface area (Å²) in [6.45, 7) is 5.08. The normalized spacial score (nSPS) is 19.6. The third-order valence-electron chi connectivity index (χ3n) is 6.50. The lowest BCUT2D eigenvalue weighted by Crippen LogP contribution is -2.43. The standard InChI is InChI=1S/C25H32N4O3/c1-2-32-25(31)21-9-6-14-29(18-21)24(30)22-10-11-23(27-26-22)28-15-12-20(13-16-28)17-19-7-4-3-5-8-19/h3-5,7-8,10-11,20-21H,2,6,9,12-18H2,1H3. The molecule has 1 atom stereocenters. The molecule has 0 saturated carbocycles. The molecule has 7 heteroatoms. The molecule has 0 radical (unpaired) electrons. The number of hydrogen-bond acceptors (Lipinski definition) is 6. The predicted octanol–water partition coefficient (Wildman–Crippen LogP) is 3.35. The molecule has 1 amide bonds. The van der Waals surface area contributed by atoms with E-state index in [2.05, 4.69) is 45.4 Å². The van der Waals surface area contributed by atoms with Gasteiger partial charge in [-0.15, -0.1) is 10.2 Å². The molecule has 0 N–H and O–H groups in total. The molecule has 170 valence electrons. The Bertz CT molecular complexity index is 895. The summed E-state index contributed by atoms with van der Waals surface area (Å²) < 4.78 is 5.13. The van der Waals surface area contributed by atoms with Crippen LogP contribution in [0.25, 0.3) is 0 Å². The first-order valence-electron chi connectivity index (χ1n) is 11.7. The molecule has 3 heterocycles. The summed E-state index contributed by atoms with van der Waals surface area (Å²) in [4.78, 5) is 28.9. The van der Waals surface area contributed by atoms with Crippen molar-refractivity contribution in [3.8, 4) is 0 Å². The summed E-state index contributed by atoms with van der Waals surface area (Å²) in [6, 6.07) is 14.3. The fourth-order valence-electron chi connectivity index (χ4n) is 4.70. The molecule has 1 unspecified atom stereocenters. The molecule has 2 aliphatic heterocycles. The number of aromatic nitrogens is 2. The molecule has 32 heavy (non-hydrogen) atoms. The Kier molecular flexibility index (Phi) is 7.35. The highest BCUT2D eigenvalue weighted by atomic mass is 16.5. The number of nitrogens with zero attached hydrogens (tertiary/aromatic N) is 4. The maximum Gasteiger partial charge on any atom is 0.310 e. The van der Waals surface area contributed by atoms with Crippen LogP contribution in [0.15, 0.2) is 42.5 Å². The van der Waals surface area contributed by atoms with Crippen molar-refractivity contribution in [3.63, 3.8) is 0 Å². The molecular weight excluding hydrogens is 404 g/mol. The number of benzene rings is 1. The molecule has 1 aromatic carbocycles. The van der Waals surface area contributed by atoms with Crippen molar-refractivity contribution in [1.29, 1.82) is 0 Å². The van der Waals surface area contributed by atoms with E-state index < -0.39 is 0 Å². The molecule has 1 aromatic heterocycles. The lowest BCUT2D eigenvalue weighted by atomic mass is 9.90. The molecule has 0 bridgehead atoms. The first-order chi connectivity index (χ1) is 15.6. The number of ether oxygens (including phenoxy) is 1. The van der Waals surface area contributed by atoms with Gasteiger partial charge in [0, 0.05) is 26.2 Å². The van der Waals surface area contributed by atoms with Gasteiger partial charge in [0.05, 0.1) is 12.5 Å². The Morgan fingerprint density at radius 1 is 1.00 bits per heavy atom. The number of amides is 1. The zero-order chi connectivity index (χ0) is 22.3. The largest absolute Gasteiger partial charge is 0.466 e. The minimum Gasteiger partial charge on any atom is -0.466 e. The molecule has 2 aliphatic rings. The SMILES string of the molecule is CCOC(=O)C1CCCN(C(=O)c2ccc(N3CCC(Cc4ccccc4)CC3)nn2)C1. The number of carbonyl (C=O) groups excluding carboxylic acids is 2. The van der Waals surface area contributed by atoms with Gasteiger partial charge in [-0.3, -0.25) is 9.59 Å². The summed E-state index contributed by atoms with van der Waals surface area (Å²) in [5.74, 6) is 0.871. The van der Waals surface area contributed by atoms with Crippen molar-refractivity contribution in [1.82, 2.24) is 15.1 Å². The molecule has 7 nitrogen and oxygen atoms in total. The van der Waals surface area contributed by atoms with Crippen molar-refractivity contribution in [2.24, 2.45) is 11.8 Å². The quantitative estimate of drug-likeness (QED) is 0.647. The third-order valence-corrected chi connectivity index (χ3v) is 6.50. The van der Waals surface area contributed by atoms with E-state index in [1.807, 2.05) is 6.07 Å². The second-order valence-corrected chi connectivity index (χ2v) is 8.74. The minimum atomic E-state index is -0.253. The van der Waals surface area contributed by atoms with Gasteiger partial charge in [0.25, 0.3) is 5.91 Å². The van der Waals surface area contributed by atoms with E-state index in [1.165, 1.54) is 5.56 Å². The molecule has 0 aliphatic carbocycles.